The van der Waals surface area contributed by atoms with Crippen LogP contribution in [0.25, 0.3) is 0 Å². The van der Waals surface area contributed by atoms with Gasteiger partial charge in [0.15, 0.2) is 8.32 Å². The molecule has 0 radical (unpaired) electrons. The topological polar surface area (TPSA) is 121 Å². The summed E-state index contributed by atoms with van der Waals surface area (Å²) in [6.07, 6.45) is 2.31. The highest BCUT2D eigenvalue weighted by molar-refractivity contribution is 7.85. The van der Waals surface area contributed by atoms with E-state index in [1.807, 2.05) is 6.92 Å². The summed E-state index contributed by atoms with van der Waals surface area (Å²) in [5.74, 6) is -0.720. The second kappa shape index (κ2) is 11.1. The Morgan fingerprint density at radius 3 is 1.88 bits per heavy atom. The summed E-state index contributed by atoms with van der Waals surface area (Å²) in [6.45, 7) is 8.87. The van der Waals surface area contributed by atoms with E-state index in [1.54, 1.807) is 7.11 Å². The van der Waals surface area contributed by atoms with Crippen LogP contribution in [-0.2, 0) is 24.7 Å². The third-order valence-electron chi connectivity index (χ3n) is 4.72. The molecule has 11 heteroatoms. The molecule has 8 nitrogen and oxygen atoms in total. The van der Waals surface area contributed by atoms with Gasteiger partial charge in [0.1, 0.15) is 0 Å². The van der Waals surface area contributed by atoms with Gasteiger partial charge in [-0.1, -0.05) is 6.92 Å². The van der Waals surface area contributed by atoms with Gasteiger partial charge in [-0.2, -0.15) is 8.42 Å². The lowest BCUT2D eigenvalue weighted by Gasteiger charge is -2.39. The summed E-state index contributed by atoms with van der Waals surface area (Å²) < 4.78 is 69.9. The third-order valence-corrected chi connectivity index (χ3v) is 8.98. The standard InChI is InChI=1S/C15H35NO7S2Si/c1-5-9-16(10-6-13-24(17,18)19,11-7-14-25(20,21)22)12-8-15-26(3,4)23-2/h5-15H2,1-4H3,(H-,17,18,19,20,21,22). The van der Waals surface area contributed by atoms with Gasteiger partial charge >= 0.3 is 0 Å². The Kier molecular flexibility index (Phi) is 11.1. The molecule has 0 aromatic rings. The van der Waals surface area contributed by atoms with Crippen molar-refractivity contribution in [2.24, 2.45) is 0 Å². The second-order valence-corrected chi connectivity index (χ2v) is 15.1. The first-order valence-electron chi connectivity index (χ1n) is 9.03. The molecule has 0 fully saturated rings. The minimum atomic E-state index is -4.26. The van der Waals surface area contributed by atoms with Crippen molar-refractivity contribution in [1.29, 1.82) is 0 Å². The Balaban J connectivity index is 5.06. The highest BCUT2D eigenvalue weighted by Gasteiger charge is 2.29. The first-order valence-corrected chi connectivity index (χ1v) is 15.3. The quantitative estimate of drug-likeness (QED) is 0.237. The first kappa shape index (κ1) is 26.0. The first-order chi connectivity index (χ1) is 11.7. The van der Waals surface area contributed by atoms with E-state index >= 15 is 0 Å². The molecule has 158 valence electrons. The number of quaternary nitrogens is 1. The molecule has 1 atom stereocenters. The third kappa shape index (κ3) is 13.2. The van der Waals surface area contributed by atoms with E-state index in [-0.39, 0.29) is 12.2 Å². The van der Waals surface area contributed by atoms with Crippen LogP contribution >= 0.6 is 0 Å². The average molecular weight is 434 g/mol. The van der Waals surface area contributed by atoms with Gasteiger partial charge in [0.2, 0.25) is 0 Å². The summed E-state index contributed by atoms with van der Waals surface area (Å²) in [7, 11) is -8.28. The smallest absolute Gasteiger partial charge is 0.265 e. The molecule has 0 rings (SSSR count). The summed E-state index contributed by atoms with van der Waals surface area (Å²) in [5, 5.41) is 0. The molecular formula is C15H35NO7S2Si. The van der Waals surface area contributed by atoms with Crippen LogP contribution in [0.3, 0.4) is 0 Å². The van der Waals surface area contributed by atoms with Crippen LogP contribution in [-0.4, -0.2) is 83.5 Å². The van der Waals surface area contributed by atoms with Crippen molar-refractivity contribution < 1.29 is 34.9 Å². The van der Waals surface area contributed by atoms with Gasteiger partial charge < -0.3 is 13.5 Å². The van der Waals surface area contributed by atoms with Crippen LogP contribution < -0.4 is 0 Å². The van der Waals surface area contributed by atoms with Crippen molar-refractivity contribution in [2.45, 2.75) is 51.7 Å². The summed E-state index contributed by atoms with van der Waals surface area (Å²) in [4.78, 5) is 0. The molecule has 1 N–H and O–H groups in total. The van der Waals surface area contributed by atoms with Crippen LogP contribution in [0.1, 0.15) is 32.6 Å². The molecule has 1 unspecified atom stereocenters. The molecule has 0 bridgehead atoms. The number of hydrogen-bond acceptors (Lipinski definition) is 6. The number of nitrogens with zero attached hydrogens (tertiary/aromatic N) is 1. The zero-order valence-electron chi connectivity index (χ0n) is 16.4. The number of hydrogen-bond donors (Lipinski definition) is 1. The zero-order chi connectivity index (χ0) is 20.5. The van der Waals surface area contributed by atoms with Crippen molar-refractivity contribution in [1.82, 2.24) is 0 Å². The fourth-order valence-electron chi connectivity index (χ4n) is 3.25. The monoisotopic (exact) mass is 433 g/mol. The zero-order valence-corrected chi connectivity index (χ0v) is 19.1. The van der Waals surface area contributed by atoms with E-state index in [4.69, 9.17) is 8.98 Å². The lowest BCUT2D eigenvalue weighted by molar-refractivity contribution is -0.928. The lowest BCUT2D eigenvalue weighted by atomic mass is 10.2. The maximum Gasteiger partial charge on any atom is 0.265 e. The van der Waals surface area contributed by atoms with Gasteiger partial charge in [0, 0.05) is 25.7 Å². The summed E-state index contributed by atoms with van der Waals surface area (Å²) >= 11 is 0. The highest BCUT2D eigenvalue weighted by atomic mass is 32.2. The summed E-state index contributed by atoms with van der Waals surface area (Å²) in [5.41, 5.74) is 0. The molecule has 26 heavy (non-hydrogen) atoms. The van der Waals surface area contributed by atoms with Gasteiger partial charge in [0.25, 0.3) is 10.1 Å². The van der Waals surface area contributed by atoms with Crippen molar-refractivity contribution >= 4 is 28.6 Å². The predicted octanol–water partition coefficient (Wildman–Crippen LogP) is 1.67. The SMILES string of the molecule is CCC[N+](CCC[Si](C)(C)OC)(CCCS(=O)(=O)[O-])CCCS(=O)(=O)O. The molecule has 0 spiro atoms. The molecule has 0 saturated heterocycles. The Bertz CT molecular complexity index is 567. The van der Waals surface area contributed by atoms with E-state index in [0.29, 0.717) is 24.0 Å². The van der Waals surface area contributed by atoms with Crippen molar-refractivity contribution in [2.75, 3.05) is 44.8 Å². The van der Waals surface area contributed by atoms with Gasteiger partial charge in [-0.05, 0) is 32.0 Å². The van der Waals surface area contributed by atoms with E-state index in [1.165, 1.54) is 0 Å². The highest BCUT2D eigenvalue weighted by Crippen LogP contribution is 2.19. The Labute approximate surface area is 160 Å². The molecule has 0 aliphatic carbocycles. The van der Waals surface area contributed by atoms with E-state index < -0.39 is 34.3 Å². The van der Waals surface area contributed by atoms with Crippen molar-refractivity contribution in [3.8, 4) is 0 Å². The minimum absolute atomic E-state index is 0.253. The largest absolute Gasteiger partial charge is 0.748 e. The Hall–Kier alpha value is -0.0431. The second-order valence-electron chi connectivity index (χ2n) is 7.56. The molecule has 0 saturated carbocycles. The van der Waals surface area contributed by atoms with Crippen molar-refractivity contribution in [3.63, 3.8) is 0 Å². The molecule has 0 heterocycles. The molecule has 0 aromatic heterocycles. The molecule has 0 aliphatic heterocycles. The molecule has 0 amide bonds. The van der Waals surface area contributed by atoms with Gasteiger partial charge in [-0.3, -0.25) is 4.55 Å². The van der Waals surface area contributed by atoms with Crippen molar-refractivity contribution in [3.05, 3.63) is 0 Å². The Morgan fingerprint density at radius 2 is 1.46 bits per heavy atom. The van der Waals surface area contributed by atoms with E-state index in [9.17, 15) is 21.4 Å². The van der Waals surface area contributed by atoms with E-state index in [0.717, 1.165) is 32.0 Å². The normalized spacial score (nSPS) is 15.8. The average Bonchev–Trinajstić information content (AvgIpc) is 2.44. The van der Waals surface area contributed by atoms with Crippen LogP contribution in [0.2, 0.25) is 19.1 Å². The lowest BCUT2D eigenvalue weighted by Crippen LogP contribution is -2.51. The van der Waals surface area contributed by atoms with Gasteiger partial charge in [-0.25, -0.2) is 8.42 Å². The van der Waals surface area contributed by atoms with E-state index in [2.05, 4.69) is 13.1 Å². The maximum atomic E-state index is 11.0. The molecular weight excluding hydrogens is 398 g/mol. The van der Waals surface area contributed by atoms with Crippen LogP contribution in [0, 0.1) is 0 Å². The van der Waals surface area contributed by atoms with Gasteiger partial charge in [-0.15, -0.1) is 0 Å². The van der Waals surface area contributed by atoms with Gasteiger partial charge in [0.05, 0.1) is 42.1 Å². The fourth-order valence-corrected chi connectivity index (χ4v) is 5.44. The fraction of sp³-hybridized carbons (Fsp3) is 1.00. The van der Waals surface area contributed by atoms with Crippen LogP contribution in [0.5, 0.6) is 0 Å². The summed E-state index contributed by atoms with van der Waals surface area (Å²) in [6, 6.07) is 0.950. The maximum absolute atomic E-state index is 11.0. The van der Waals surface area contributed by atoms with Crippen LogP contribution in [0.4, 0.5) is 0 Å². The molecule has 0 aliphatic rings. The minimum Gasteiger partial charge on any atom is -0.748 e. The van der Waals surface area contributed by atoms with Crippen LogP contribution in [0.15, 0.2) is 0 Å². The Morgan fingerprint density at radius 1 is 0.962 bits per heavy atom. The predicted molar refractivity (Wildman–Crippen MR) is 104 cm³/mol. The number of rotatable bonds is 15. The molecule has 0 aromatic carbocycles.